The van der Waals surface area contributed by atoms with E-state index >= 15 is 0 Å². The largest absolute Gasteiger partial charge is 0.467 e. The molecule has 4 amide bonds. The first-order valence-corrected chi connectivity index (χ1v) is 14.6. The van der Waals surface area contributed by atoms with E-state index in [1.165, 1.54) is 41.3 Å². The molecule has 212 valence electrons. The molecular weight excluding hydrogens is 556 g/mol. The molecule has 4 aromatic rings. The highest BCUT2D eigenvalue weighted by Crippen LogP contribution is 2.45. The monoisotopic (exact) mass is 582 g/mol. The van der Waals surface area contributed by atoms with Crippen molar-refractivity contribution in [2.24, 2.45) is 0 Å². The Morgan fingerprint density at radius 1 is 0.881 bits per heavy atom. The Bertz CT molecular complexity index is 1810. The zero-order valence-electron chi connectivity index (χ0n) is 22.4. The number of urea groups is 1. The van der Waals surface area contributed by atoms with Gasteiger partial charge in [-0.05, 0) is 67.6 Å². The first kappa shape index (κ1) is 27.0. The van der Waals surface area contributed by atoms with Crippen molar-refractivity contribution < 1.29 is 27.5 Å². The summed E-state index contributed by atoms with van der Waals surface area (Å²) in [7, 11) is -4.13. The van der Waals surface area contributed by atoms with Crippen LogP contribution in [0.15, 0.2) is 108 Å². The molecule has 1 fully saturated rings. The summed E-state index contributed by atoms with van der Waals surface area (Å²) in [5, 5.41) is 5.78. The van der Waals surface area contributed by atoms with Crippen molar-refractivity contribution in [3.63, 3.8) is 0 Å². The van der Waals surface area contributed by atoms with Crippen molar-refractivity contribution in [1.29, 1.82) is 0 Å². The van der Waals surface area contributed by atoms with E-state index in [2.05, 4.69) is 10.6 Å². The second kappa shape index (κ2) is 10.3. The van der Waals surface area contributed by atoms with E-state index in [1.54, 1.807) is 42.5 Å². The minimum Gasteiger partial charge on any atom is -0.467 e. The molecule has 3 N–H and O–H groups in total. The maximum Gasteiger partial charge on any atom is 0.325 e. The van der Waals surface area contributed by atoms with Crippen molar-refractivity contribution in [3.05, 3.63) is 120 Å². The van der Waals surface area contributed by atoms with Crippen LogP contribution in [-0.4, -0.2) is 32.0 Å². The number of rotatable bonds is 6. The Morgan fingerprint density at radius 2 is 1.57 bits per heavy atom. The predicted molar refractivity (Wildman–Crippen MR) is 156 cm³/mol. The predicted octanol–water partition coefficient (Wildman–Crippen LogP) is 4.83. The van der Waals surface area contributed by atoms with Crippen LogP contribution in [-0.2, 0) is 10.0 Å². The molecule has 0 unspecified atom stereocenters. The summed E-state index contributed by atoms with van der Waals surface area (Å²) in [5.74, 6) is -0.511. The van der Waals surface area contributed by atoms with Gasteiger partial charge in [0.15, 0.2) is 5.72 Å². The molecule has 4 aromatic carbocycles. The van der Waals surface area contributed by atoms with E-state index in [-0.39, 0.29) is 28.1 Å². The molecule has 2 atom stereocenters. The third-order valence-electron chi connectivity index (χ3n) is 7.23. The summed E-state index contributed by atoms with van der Waals surface area (Å²) in [6, 6.07) is 27.1. The number of sulfonamides is 1. The van der Waals surface area contributed by atoms with Gasteiger partial charge in [-0.3, -0.25) is 14.5 Å². The quantitative estimate of drug-likeness (QED) is 0.298. The molecule has 6 rings (SSSR count). The number of amides is 4. The Morgan fingerprint density at radius 3 is 2.33 bits per heavy atom. The standard InChI is InChI=1S/C31H26N4O6S/c1-31-19-26(25-12-5-6-13-27(25)41-31)33-30(38)35(31)23-11-7-10-21(18-23)28(36)32-22-14-16-24(17-15-22)42(39,40)34-29(37)20-8-3-2-4-9-20/h2-18,26H,19H2,1H3,(H,32,36)(H,33,38)(H,34,37)/t26-,31-/m1/s1. The molecule has 2 aliphatic rings. The summed E-state index contributed by atoms with van der Waals surface area (Å²) in [5.41, 5.74) is 1.28. The molecule has 11 heteroatoms. The average Bonchev–Trinajstić information content (AvgIpc) is 2.97. The van der Waals surface area contributed by atoms with Gasteiger partial charge in [0, 0.05) is 28.8 Å². The lowest BCUT2D eigenvalue weighted by Crippen LogP contribution is -2.65. The molecule has 0 saturated carbocycles. The Balaban J connectivity index is 1.17. The van der Waals surface area contributed by atoms with Crippen LogP contribution in [0, 0.1) is 0 Å². The Kier molecular flexibility index (Phi) is 6.66. The number of ether oxygens (including phenoxy) is 1. The fraction of sp³-hybridized carbons (Fsp3) is 0.129. The van der Waals surface area contributed by atoms with Crippen LogP contribution in [0.1, 0.15) is 45.7 Å². The summed E-state index contributed by atoms with van der Waals surface area (Å²) in [6.45, 7) is 1.85. The van der Waals surface area contributed by atoms with Crippen LogP contribution < -0.4 is 25.0 Å². The van der Waals surface area contributed by atoms with Crippen molar-refractivity contribution in [3.8, 4) is 5.75 Å². The minimum absolute atomic E-state index is 0.136. The third-order valence-corrected chi connectivity index (χ3v) is 8.58. The molecule has 10 nitrogen and oxygen atoms in total. The molecule has 0 spiro atoms. The average molecular weight is 583 g/mol. The molecule has 0 aliphatic carbocycles. The number of para-hydroxylation sites is 1. The van der Waals surface area contributed by atoms with Crippen molar-refractivity contribution >= 4 is 39.2 Å². The molecular formula is C31H26N4O6S. The van der Waals surface area contributed by atoms with Gasteiger partial charge in [0.05, 0.1) is 16.6 Å². The van der Waals surface area contributed by atoms with Crippen LogP contribution in [0.5, 0.6) is 5.75 Å². The summed E-state index contributed by atoms with van der Waals surface area (Å²) < 4.78 is 33.7. The van der Waals surface area contributed by atoms with Crippen LogP contribution in [0.25, 0.3) is 0 Å². The number of benzene rings is 4. The van der Waals surface area contributed by atoms with Gasteiger partial charge in [0.2, 0.25) is 0 Å². The molecule has 0 aromatic heterocycles. The number of hydrogen-bond donors (Lipinski definition) is 3. The second-order valence-electron chi connectivity index (χ2n) is 10.2. The van der Waals surface area contributed by atoms with Gasteiger partial charge in [-0.1, -0.05) is 42.5 Å². The molecule has 2 heterocycles. The fourth-order valence-corrected chi connectivity index (χ4v) is 6.22. The first-order valence-electron chi connectivity index (χ1n) is 13.2. The van der Waals surface area contributed by atoms with Crippen LogP contribution >= 0.6 is 0 Å². The number of nitrogens with zero attached hydrogens (tertiary/aromatic N) is 1. The lowest BCUT2D eigenvalue weighted by Gasteiger charge is -2.50. The van der Waals surface area contributed by atoms with Crippen LogP contribution in [0.2, 0.25) is 0 Å². The van der Waals surface area contributed by atoms with Crippen LogP contribution in [0.3, 0.4) is 0 Å². The maximum absolute atomic E-state index is 13.2. The van der Waals surface area contributed by atoms with E-state index in [0.717, 1.165) is 5.56 Å². The Hall–Kier alpha value is -5.16. The van der Waals surface area contributed by atoms with Crippen molar-refractivity contribution in [2.75, 3.05) is 10.2 Å². The molecule has 42 heavy (non-hydrogen) atoms. The van der Waals surface area contributed by atoms with E-state index in [0.29, 0.717) is 23.5 Å². The zero-order valence-corrected chi connectivity index (χ0v) is 23.2. The van der Waals surface area contributed by atoms with E-state index in [4.69, 9.17) is 4.74 Å². The fourth-order valence-electron chi connectivity index (χ4n) is 5.25. The topological polar surface area (TPSA) is 134 Å². The summed E-state index contributed by atoms with van der Waals surface area (Å²) >= 11 is 0. The lowest BCUT2D eigenvalue weighted by molar-refractivity contribution is 0.0378. The highest BCUT2D eigenvalue weighted by Gasteiger charge is 2.49. The number of fused-ring (bicyclic) bond motifs is 4. The minimum atomic E-state index is -4.13. The molecule has 2 aliphatic heterocycles. The van der Waals surface area contributed by atoms with Crippen molar-refractivity contribution in [1.82, 2.24) is 10.0 Å². The number of carbonyl (C=O) groups excluding carboxylic acids is 3. The second-order valence-corrected chi connectivity index (χ2v) is 11.9. The molecule has 1 saturated heterocycles. The summed E-state index contributed by atoms with van der Waals surface area (Å²) in [6.07, 6.45) is 0.521. The number of hydrogen-bond acceptors (Lipinski definition) is 6. The first-order chi connectivity index (χ1) is 20.1. The van der Waals surface area contributed by atoms with E-state index < -0.39 is 27.6 Å². The normalized spacial score (nSPS) is 19.1. The van der Waals surface area contributed by atoms with E-state index in [1.807, 2.05) is 35.9 Å². The highest BCUT2D eigenvalue weighted by atomic mass is 32.2. The smallest absolute Gasteiger partial charge is 0.325 e. The third kappa shape index (κ3) is 5.06. The van der Waals surface area contributed by atoms with Gasteiger partial charge >= 0.3 is 6.03 Å². The SMILES string of the molecule is C[C@@]12C[C@@H](NC(=O)N1c1cccc(C(=O)Nc3ccc(S(=O)(=O)NC(=O)c4ccccc4)cc3)c1)c1ccccc1O2. The van der Waals surface area contributed by atoms with Gasteiger partial charge in [-0.15, -0.1) is 0 Å². The lowest BCUT2D eigenvalue weighted by atomic mass is 9.90. The highest BCUT2D eigenvalue weighted by molar-refractivity contribution is 7.90. The Labute approximate surface area is 242 Å². The van der Waals surface area contributed by atoms with Gasteiger partial charge < -0.3 is 15.4 Å². The number of carbonyl (C=O) groups is 3. The van der Waals surface area contributed by atoms with Gasteiger partial charge in [-0.25, -0.2) is 17.9 Å². The number of anilines is 2. The number of nitrogens with one attached hydrogen (secondary N) is 3. The van der Waals surface area contributed by atoms with Gasteiger partial charge in [-0.2, -0.15) is 0 Å². The molecule has 0 radical (unpaired) electrons. The van der Waals surface area contributed by atoms with Gasteiger partial charge in [0.25, 0.3) is 21.8 Å². The summed E-state index contributed by atoms with van der Waals surface area (Å²) in [4.78, 5) is 40.0. The van der Waals surface area contributed by atoms with Gasteiger partial charge in [0.1, 0.15) is 5.75 Å². The van der Waals surface area contributed by atoms with Crippen LogP contribution in [0.4, 0.5) is 16.2 Å². The van der Waals surface area contributed by atoms with Crippen molar-refractivity contribution in [2.45, 2.75) is 30.0 Å². The molecule has 2 bridgehead atoms. The van der Waals surface area contributed by atoms with E-state index in [9.17, 15) is 22.8 Å². The zero-order chi connectivity index (χ0) is 29.5. The maximum atomic E-state index is 13.2.